The summed E-state index contributed by atoms with van der Waals surface area (Å²) >= 11 is 1.58. The van der Waals surface area contributed by atoms with Crippen LogP contribution in [0.25, 0.3) is 20.8 Å². The summed E-state index contributed by atoms with van der Waals surface area (Å²) in [6.45, 7) is -2.06. The molecule has 0 unspecified atom stereocenters. The van der Waals surface area contributed by atoms with Gasteiger partial charge in [-0.2, -0.15) is 8.78 Å². The number of hydrogen-bond acceptors (Lipinski definition) is 7. The van der Waals surface area contributed by atoms with Crippen molar-refractivity contribution in [2.45, 2.75) is 13.5 Å². The summed E-state index contributed by atoms with van der Waals surface area (Å²) < 4.78 is 34.8. The van der Waals surface area contributed by atoms with Crippen LogP contribution in [-0.2, 0) is 14.3 Å². The fraction of sp³-hybridized carbons (Fsp3) is 0.154. The number of thiazole rings is 1. The maximum Gasteiger partial charge on any atom is 0.387 e. The number of ether oxygens (including phenoxy) is 2. The molecule has 4 rings (SSSR count). The molecule has 1 aromatic heterocycles. The first-order valence-corrected chi connectivity index (χ1v) is 11.8. The lowest BCUT2D eigenvalue weighted by atomic mass is 10.2. The van der Waals surface area contributed by atoms with Gasteiger partial charge in [-0.15, -0.1) is 11.3 Å². The van der Waals surface area contributed by atoms with Crippen molar-refractivity contribution >= 4 is 45.0 Å². The summed E-state index contributed by atoms with van der Waals surface area (Å²) in [4.78, 5) is 40.8. The third-order valence-corrected chi connectivity index (χ3v) is 6.11. The van der Waals surface area contributed by atoms with Crippen LogP contribution < -0.4 is 15.4 Å². The van der Waals surface area contributed by atoms with E-state index in [2.05, 4.69) is 26.4 Å². The van der Waals surface area contributed by atoms with Gasteiger partial charge < -0.3 is 20.1 Å². The van der Waals surface area contributed by atoms with Gasteiger partial charge in [0.05, 0.1) is 10.2 Å². The van der Waals surface area contributed by atoms with Crippen molar-refractivity contribution in [3.05, 3.63) is 77.9 Å². The maximum atomic E-state index is 12.3. The number of nitrogens with zero attached hydrogens (tertiary/aromatic N) is 1. The van der Waals surface area contributed by atoms with E-state index in [1.807, 2.05) is 31.2 Å². The number of esters is 1. The van der Waals surface area contributed by atoms with Crippen molar-refractivity contribution in [2.75, 3.05) is 18.5 Å². The van der Waals surface area contributed by atoms with E-state index in [1.54, 1.807) is 23.5 Å². The van der Waals surface area contributed by atoms with Crippen LogP contribution >= 0.6 is 11.3 Å². The Balaban J connectivity index is 1.23. The van der Waals surface area contributed by atoms with E-state index >= 15 is 0 Å². The molecule has 11 heteroatoms. The van der Waals surface area contributed by atoms with Crippen molar-refractivity contribution in [2.24, 2.45) is 0 Å². The quantitative estimate of drug-likeness (QED) is 0.305. The molecular weight excluding hydrogens is 504 g/mol. The number of amides is 2. The number of carbonyl (C=O) groups excluding carboxylic acids is 3. The van der Waals surface area contributed by atoms with Crippen molar-refractivity contribution in [3.63, 3.8) is 0 Å². The predicted molar refractivity (Wildman–Crippen MR) is 135 cm³/mol. The summed E-state index contributed by atoms with van der Waals surface area (Å²) in [6, 6.07) is 18.3. The first-order valence-electron chi connectivity index (χ1n) is 11.0. The Morgan fingerprint density at radius 1 is 1.03 bits per heavy atom. The van der Waals surface area contributed by atoms with E-state index in [4.69, 9.17) is 4.74 Å². The first kappa shape index (κ1) is 25.7. The summed E-state index contributed by atoms with van der Waals surface area (Å²) in [5.74, 6) is -2.28. The number of benzene rings is 3. The Labute approximate surface area is 214 Å². The minimum absolute atomic E-state index is 0.0214. The number of hydrogen-bond donors (Lipinski definition) is 2. The Hall–Kier alpha value is -4.38. The van der Waals surface area contributed by atoms with Crippen molar-refractivity contribution < 1.29 is 32.6 Å². The van der Waals surface area contributed by atoms with Crippen LogP contribution in [0.2, 0.25) is 0 Å². The maximum absolute atomic E-state index is 12.3. The largest absolute Gasteiger partial charge is 0.454 e. The summed E-state index contributed by atoms with van der Waals surface area (Å²) in [7, 11) is 0. The van der Waals surface area contributed by atoms with E-state index in [0.717, 1.165) is 32.4 Å². The van der Waals surface area contributed by atoms with E-state index in [1.165, 1.54) is 18.2 Å². The second-order valence-corrected chi connectivity index (χ2v) is 8.90. The van der Waals surface area contributed by atoms with Gasteiger partial charge in [0, 0.05) is 16.8 Å². The van der Waals surface area contributed by atoms with E-state index in [9.17, 15) is 23.2 Å². The van der Waals surface area contributed by atoms with Crippen molar-refractivity contribution in [1.29, 1.82) is 0 Å². The number of anilines is 1. The monoisotopic (exact) mass is 525 g/mol. The zero-order valence-corrected chi connectivity index (χ0v) is 20.3. The van der Waals surface area contributed by atoms with Crippen molar-refractivity contribution in [3.8, 4) is 16.3 Å². The summed E-state index contributed by atoms with van der Waals surface area (Å²) in [5, 5.41) is 5.78. The third-order valence-electron chi connectivity index (χ3n) is 5.04. The lowest BCUT2D eigenvalue weighted by Crippen LogP contribution is -2.32. The molecule has 37 heavy (non-hydrogen) atoms. The zero-order valence-electron chi connectivity index (χ0n) is 19.5. The molecule has 190 valence electrons. The highest BCUT2D eigenvalue weighted by Crippen LogP contribution is 2.31. The molecule has 0 atom stereocenters. The van der Waals surface area contributed by atoms with Gasteiger partial charge in [0.1, 0.15) is 17.3 Å². The van der Waals surface area contributed by atoms with Crippen LogP contribution in [-0.4, -0.2) is 42.5 Å². The molecule has 0 fully saturated rings. The number of alkyl halides is 2. The fourth-order valence-corrected chi connectivity index (χ4v) is 4.38. The molecule has 4 aromatic rings. The normalized spacial score (nSPS) is 10.8. The molecule has 2 N–H and O–H groups in total. The second kappa shape index (κ2) is 11.6. The van der Waals surface area contributed by atoms with Crippen LogP contribution in [0.5, 0.6) is 5.75 Å². The zero-order chi connectivity index (χ0) is 26.4. The molecular formula is C26H21F2N3O5S. The van der Waals surface area contributed by atoms with Crippen LogP contribution in [0.4, 0.5) is 14.5 Å². The van der Waals surface area contributed by atoms with Crippen LogP contribution in [0.1, 0.15) is 15.9 Å². The second-order valence-electron chi connectivity index (χ2n) is 7.87. The highest BCUT2D eigenvalue weighted by molar-refractivity contribution is 7.21. The highest BCUT2D eigenvalue weighted by Gasteiger charge is 2.13. The molecule has 0 spiro atoms. The third kappa shape index (κ3) is 7.07. The molecule has 0 saturated heterocycles. The number of carbonyl (C=O) groups is 3. The Kier molecular flexibility index (Phi) is 8.04. The number of nitrogens with one attached hydrogen (secondary N) is 2. The minimum atomic E-state index is -3.03. The fourth-order valence-electron chi connectivity index (χ4n) is 3.31. The van der Waals surface area contributed by atoms with Gasteiger partial charge in [0.2, 0.25) is 0 Å². The van der Waals surface area contributed by atoms with Gasteiger partial charge in [-0.1, -0.05) is 12.1 Å². The van der Waals surface area contributed by atoms with Gasteiger partial charge in [-0.25, -0.2) is 4.98 Å². The van der Waals surface area contributed by atoms with Crippen molar-refractivity contribution in [1.82, 2.24) is 10.3 Å². The summed E-state index contributed by atoms with van der Waals surface area (Å²) in [5.41, 5.74) is 3.53. The molecule has 1 heterocycles. The Bertz CT molecular complexity index is 1440. The van der Waals surface area contributed by atoms with E-state index in [0.29, 0.717) is 5.69 Å². The number of aryl methyl sites for hydroxylation is 1. The number of rotatable bonds is 9. The smallest absolute Gasteiger partial charge is 0.387 e. The lowest BCUT2D eigenvalue weighted by molar-refractivity contribution is -0.146. The van der Waals surface area contributed by atoms with Gasteiger partial charge in [0.25, 0.3) is 11.8 Å². The standard InChI is InChI=1S/C26H21F2N3O5S/c1-15-5-10-20-21(11-15)37-25(31-20)16-6-8-18(9-7-16)30-22(32)14-35-23(33)13-29-24(34)17-3-2-4-19(12-17)36-26(27)28/h2-12,26H,13-14H2,1H3,(H,29,34)(H,30,32). The summed E-state index contributed by atoms with van der Waals surface area (Å²) in [6.07, 6.45) is 0. The van der Waals surface area contributed by atoms with Gasteiger partial charge in [-0.05, 0) is 67.1 Å². The van der Waals surface area contributed by atoms with E-state index < -0.39 is 37.5 Å². The molecule has 0 aliphatic carbocycles. The van der Waals surface area contributed by atoms with Gasteiger partial charge in [0.15, 0.2) is 6.61 Å². The number of fused-ring (bicyclic) bond motifs is 1. The Morgan fingerprint density at radius 2 is 1.81 bits per heavy atom. The lowest BCUT2D eigenvalue weighted by Gasteiger charge is -2.09. The molecule has 0 bridgehead atoms. The molecule has 0 radical (unpaired) electrons. The molecule has 8 nitrogen and oxygen atoms in total. The van der Waals surface area contributed by atoms with Gasteiger partial charge in [-0.3, -0.25) is 14.4 Å². The van der Waals surface area contributed by atoms with Gasteiger partial charge >= 0.3 is 12.6 Å². The SMILES string of the molecule is Cc1ccc2nc(-c3ccc(NC(=O)COC(=O)CNC(=O)c4cccc(OC(F)F)c4)cc3)sc2c1. The van der Waals surface area contributed by atoms with Crippen LogP contribution in [0.3, 0.4) is 0 Å². The Morgan fingerprint density at radius 3 is 2.57 bits per heavy atom. The average Bonchev–Trinajstić information content (AvgIpc) is 3.29. The highest BCUT2D eigenvalue weighted by atomic mass is 32.1. The van der Waals surface area contributed by atoms with Crippen LogP contribution in [0, 0.1) is 6.92 Å². The minimum Gasteiger partial charge on any atom is -0.454 e. The topological polar surface area (TPSA) is 107 Å². The predicted octanol–water partition coefficient (Wildman–Crippen LogP) is 4.78. The number of aromatic nitrogens is 1. The molecule has 0 aliphatic heterocycles. The molecule has 0 aliphatic rings. The van der Waals surface area contributed by atoms with Crippen LogP contribution in [0.15, 0.2) is 66.7 Å². The number of halogens is 2. The molecule has 0 saturated carbocycles. The first-order chi connectivity index (χ1) is 17.8. The van der Waals surface area contributed by atoms with E-state index in [-0.39, 0.29) is 11.3 Å². The molecule has 2 amide bonds. The molecule has 3 aromatic carbocycles. The average molecular weight is 526 g/mol.